The molecule has 1 fully saturated rings. The average molecular weight is 294 g/mol. The van der Waals surface area contributed by atoms with E-state index in [9.17, 15) is 8.78 Å². The fourth-order valence-electron chi connectivity index (χ4n) is 3.45. The van der Waals surface area contributed by atoms with E-state index in [4.69, 9.17) is 0 Å². The molecule has 1 aromatic carbocycles. The molecule has 0 bridgehead atoms. The van der Waals surface area contributed by atoms with Crippen molar-refractivity contribution in [2.45, 2.75) is 83.5 Å². The highest BCUT2D eigenvalue weighted by Crippen LogP contribution is 2.35. The minimum atomic E-state index is -0.589. The van der Waals surface area contributed by atoms with Crippen LogP contribution in [0.4, 0.5) is 8.78 Å². The fraction of sp³-hybridized carbons (Fsp3) is 0.684. The lowest BCUT2D eigenvalue weighted by Crippen LogP contribution is -2.09. The third kappa shape index (κ3) is 4.52. The molecule has 0 N–H and O–H groups in total. The van der Waals surface area contributed by atoms with Gasteiger partial charge >= 0.3 is 0 Å². The second kappa shape index (κ2) is 8.51. The second-order valence-corrected chi connectivity index (χ2v) is 6.44. The Kier molecular flexibility index (Phi) is 6.66. The Labute approximate surface area is 128 Å². The summed E-state index contributed by atoms with van der Waals surface area (Å²) in [6, 6.07) is 3.66. The van der Waals surface area contributed by atoms with Gasteiger partial charge in [0.25, 0.3) is 0 Å². The maximum atomic E-state index is 14.3. The van der Waals surface area contributed by atoms with Crippen molar-refractivity contribution < 1.29 is 8.78 Å². The third-order valence-electron chi connectivity index (χ3n) is 4.79. The lowest BCUT2D eigenvalue weighted by atomic mass is 9.83. The molecule has 0 aromatic heterocycles. The zero-order chi connectivity index (χ0) is 15.1. The van der Waals surface area contributed by atoms with Crippen LogP contribution in [-0.2, 0) is 6.42 Å². The van der Waals surface area contributed by atoms with Crippen LogP contribution in [0.1, 0.15) is 88.2 Å². The van der Waals surface area contributed by atoms with E-state index in [0.717, 1.165) is 38.5 Å². The molecule has 0 radical (unpaired) electrons. The Hall–Kier alpha value is -0.920. The topological polar surface area (TPSA) is 0 Å². The fourth-order valence-corrected chi connectivity index (χ4v) is 3.45. The van der Waals surface area contributed by atoms with Crippen LogP contribution in [0.3, 0.4) is 0 Å². The maximum Gasteiger partial charge on any atom is 0.162 e. The van der Waals surface area contributed by atoms with Gasteiger partial charge < -0.3 is 0 Å². The summed E-state index contributed by atoms with van der Waals surface area (Å²) < 4.78 is 28.5. The first kappa shape index (κ1) is 16.5. The predicted octanol–water partition coefficient (Wildman–Crippen LogP) is 6.53. The van der Waals surface area contributed by atoms with Crippen molar-refractivity contribution in [1.82, 2.24) is 0 Å². The molecule has 21 heavy (non-hydrogen) atoms. The van der Waals surface area contributed by atoms with Crippen LogP contribution in [0, 0.1) is 11.6 Å². The smallest absolute Gasteiger partial charge is 0.162 e. The molecule has 1 aliphatic rings. The summed E-state index contributed by atoms with van der Waals surface area (Å²) in [4.78, 5) is 0. The zero-order valence-electron chi connectivity index (χ0n) is 13.3. The summed E-state index contributed by atoms with van der Waals surface area (Å²) in [5.74, 6) is -0.937. The zero-order valence-corrected chi connectivity index (χ0v) is 13.3. The molecule has 0 unspecified atom stereocenters. The molecule has 0 heterocycles. The molecule has 2 rings (SSSR count). The van der Waals surface area contributed by atoms with Crippen molar-refractivity contribution in [3.8, 4) is 0 Å². The molecule has 1 aliphatic carbocycles. The van der Waals surface area contributed by atoms with Crippen LogP contribution >= 0.6 is 0 Å². The molecule has 0 saturated heterocycles. The number of hydrogen-bond acceptors (Lipinski definition) is 0. The Morgan fingerprint density at radius 3 is 2.33 bits per heavy atom. The monoisotopic (exact) mass is 294 g/mol. The van der Waals surface area contributed by atoms with Gasteiger partial charge in [-0.3, -0.25) is 0 Å². The minimum absolute atomic E-state index is 0.229. The van der Waals surface area contributed by atoms with E-state index in [2.05, 4.69) is 6.92 Å². The number of benzene rings is 1. The average Bonchev–Trinajstić information content (AvgIpc) is 2.52. The van der Waals surface area contributed by atoms with E-state index >= 15 is 0 Å². The van der Waals surface area contributed by atoms with Crippen molar-refractivity contribution >= 4 is 0 Å². The highest BCUT2D eigenvalue weighted by atomic mass is 19.2. The molecule has 1 saturated carbocycles. The lowest BCUT2D eigenvalue weighted by molar-refractivity contribution is 0.415. The number of hydrogen-bond donors (Lipinski definition) is 0. The van der Waals surface area contributed by atoms with Crippen LogP contribution in [0.5, 0.6) is 0 Å². The Morgan fingerprint density at radius 1 is 0.905 bits per heavy atom. The summed E-state index contributed by atoms with van der Waals surface area (Å²) in [5.41, 5.74) is 1.17. The molecule has 0 spiro atoms. The van der Waals surface area contributed by atoms with E-state index in [-0.39, 0.29) is 5.92 Å². The predicted molar refractivity (Wildman–Crippen MR) is 84.6 cm³/mol. The van der Waals surface area contributed by atoms with Crippen LogP contribution in [-0.4, -0.2) is 0 Å². The Balaban J connectivity index is 1.96. The standard InChI is InChI=1S/C19H28F2/c1-2-3-4-5-7-12-16-13-14-17(19(21)18(16)20)15-10-8-6-9-11-15/h13-15H,2-12H2,1H3. The highest BCUT2D eigenvalue weighted by Gasteiger charge is 2.22. The summed E-state index contributed by atoms with van der Waals surface area (Å²) in [7, 11) is 0. The van der Waals surface area contributed by atoms with Gasteiger partial charge in [-0.2, -0.15) is 0 Å². The van der Waals surface area contributed by atoms with Crippen LogP contribution in [0.25, 0.3) is 0 Å². The Bertz CT molecular complexity index is 433. The summed E-state index contributed by atoms with van der Waals surface area (Å²) in [6.07, 6.45) is 11.9. The third-order valence-corrected chi connectivity index (χ3v) is 4.79. The second-order valence-electron chi connectivity index (χ2n) is 6.44. The SMILES string of the molecule is CCCCCCCc1ccc(C2CCCCC2)c(F)c1F. The van der Waals surface area contributed by atoms with Gasteiger partial charge in [-0.1, -0.05) is 64.0 Å². The van der Waals surface area contributed by atoms with Gasteiger partial charge in [0.15, 0.2) is 11.6 Å². The van der Waals surface area contributed by atoms with Gasteiger partial charge in [0.2, 0.25) is 0 Å². The molecule has 0 amide bonds. The first-order valence-corrected chi connectivity index (χ1v) is 8.70. The first-order valence-electron chi connectivity index (χ1n) is 8.70. The molecular weight excluding hydrogens is 266 g/mol. The summed E-state index contributed by atoms with van der Waals surface area (Å²) in [6.45, 7) is 2.18. The molecule has 0 aliphatic heterocycles. The number of halogens is 2. The van der Waals surface area contributed by atoms with Gasteiger partial charge in [-0.25, -0.2) is 8.78 Å². The van der Waals surface area contributed by atoms with Crippen molar-refractivity contribution in [1.29, 1.82) is 0 Å². The van der Waals surface area contributed by atoms with Crippen molar-refractivity contribution in [2.24, 2.45) is 0 Å². The van der Waals surface area contributed by atoms with Gasteiger partial charge in [-0.15, -0.1) is 0 Å². The van der Waals surface area contributed by atoms with E-state index in [1.807, 2.05) is 12.1 Å². The molecule has 118 valence electrons. The quantitative estimate of drug-likeness (QED) is 0.502. The molecule has 1 aromatic rings. The van der Waals surface area contributed by atoms with Crippen molar-refractivity contribution in [3.63, 3.8) is 0 Å². The summed E-state index contributed by atoms with van der Waals surface area (Å²) in [5, 5.41) is 0. The largest absolute Gasteiger partial charge is 0.203 e. The van der Waals surface area contributed by atoms with Gasteiger partial charge in [0, 0.05) is 0 Å². The van der Waals surface area contributed by atoms with Gasteiger partial charge in [-0.05, 0) is 42.7 Å². The van der Waals surface area contributed by atoms with Gasteiger partial charge in [0.05, 0.1) is 0 Å². The lowest BCUT2D eigenvalue weighted by Gasteiger charge is -2.23. The van der Waals surface area contributed by atoms with Crippen LogP contribution < -0.4 is 0 Å². The Morgan fingerprint density at radius 2 is 1.62 bits per heavy atom. The molecule has 0 atom stereocenters. The molecule has 2 heteroatoms. The van der Waals surface area contributed by atoms with Crippen molar-refractivity contribution in [3.05, 3.63) is 34.9 Å². The molecular formula is C19H28F2. The van der Waals surface area contributed by atoms with Crippen LogP contribution in [0.2, 0.25) is 0 Å². The summed E-state index contributed by atoms with van der Waals surface area (Å²) >= 11 is 0. The molecule has 0 nitrogen and oxygen atoms in total. The number of aryl methyl sites for hydroxylation is 1. The van der Waals surface area contributed by atoms with Crippen LogP contribution in [0.15, 0.2) is 12.1 Å². The first-order chi connectivity index (χ1) is 10.2. The minimum Gasteiger partial charge on any atom is -0.203 e. The van der Waals surface area contributed by atoms with E-state index in [1.54, 1.807) is 0 Å². The normalized spacial score (nSPS) is 16.3. The van der Waals surface area contributed by atoms with Gasteiger partial charge in [0.1, 0.15) is 0 Å². The highest BCUT2D eigenvalue weighted by molar-refractivity contribution is 5.29. The van der Waals surface area contributed by atoms with Crippen molar-refractivity contribution in [2.75, 3.05) is 0 Å². The van der Waals surface area contributed by atoms with E-state index < -0.39 is 11.6 Å². The number of rotatable bonds is 7. The number of unbranched alkanes of at least 4 members (excludes halogenated alkanes) is 4. The van der Waals surface area contributed by atoms with E-state index in [0.29, 0.717) is 17.5 Å². The van der Waals surface area contributed by atoms with E-state index in [1.165, 1.54) is 25.7 Å². The maximum absolute atomic E-state index is 14.3.